The Kier molecular flexibility index (Phi) is 4.22. The standard InChI is InChI=1S/C14H9BrF2O4/c1-6(18)21-11-4-7(14(19)20-2)3-8-9(15)5-10(16)13(17)12(8)11/h3-5H,1-2H3. The van der Waals surface area contributed by atoms with Gasteiger partial charge in [0.25, 0.3) is 0 Å². The summed E-state index contributed by atoms with van der Waals surface area (Å²) in [7, 11) is 1.18. The first-order valence-electron chi connectivity index (χ1n) is 5.73. The van der Waals surface area contributed by atoms with E-state index in [1.807, 2.05) is 0 Å². The fraction of sp³-hybridized carbons (Fsp3) is 0.143. The van der Waals surface area contributed by atoms with Crippen LogP contribution in [0, 0.1) is 11.6 Å². The van der Waals surface area contributed by atoms with Crippen molar-refractivity contribution in [2.45, 2.75) is 6.92 Å². The van der Waals surface area contributed by atoms with E-state index >= 15 is 0 Å². The van der Waals surface area contributed by atoms with E-state index in [0.29, 0.717) is 0 Å². The maximum Gasteiger partial charge on any atom is 0.338 e. The van der Waals surface area contributed by atoms with E-state index in [1.54, 1.807) is 0 Å². The second-order valence-electron chi connectivity index (χ2n) is 4.14. The molecule has 0 aliphatic heterocycles. The van der Waals surface area contributed by atoms with Gasteiger partial charge in [-0.1, -0.05) is 15.9 Å². The summed E-state index contributed by atoms with van der Waals surface area (Å²) in [6.45, 7) is 1.11. The van der Waals surface area contributed by atoms with Gasteiger partial charge < -0.3 is 9.47 Å². The molecule has 0 atom stereocenters. The molecule has 0 bridgehead atoms. The van der Waals surface area contributed by atoms with Crippen molar-refractivity contribution < 1.29 is 27.8 Å². The molecule has 2 rings (SSSR count). The van der Waals surface area contributed by atoms with Crippen molar-refractivity contribution in [3.05, 3.63) is 39.9 Å². The monoisotopic (exact) mass is 358 g/mol. The summed E-state index contributed by atoms with van der Waals surface area (Å²) in [6.07, 6.45) is 0. The Labute approximate surface area is 126 Å². The predicted octanol–water partition coefficient (Wildman–Crippen LogP) is 3.59. The van der Waals surface area contributed by atoms with Crippen molar-refractivity contribution in [1.29, 1.82) is 0 Å². The summed E-state index contributed by atoms with van der Waals surface area (Å²) >= 11 is 3.09. The summed E-state index contributed by atoms with van der Waals surface area (Å²) in [5.74, 6) is -3.94. The Hall–Kier alpha value is -2.02. The molecule has 110 valence electrons. The summed E-state index contributed by atoms with van der Waals surface area (Å²) in [6, 6.07) is 3.38. The number of hydrogen-bond acceptors (Lipinski definition) is 4. The molecular formula is C14H9BrF2O4. The smallest absolute Gasteiger partial charge is 0.338 e. The van der Waals surface area contributed by atoms with Gasteiger partial charge in [-0.2, -0.15) is 0 Å². The number of esters is 2. The molecule has 0 amide bonds. The van der Waals surface area contributed by atoms with E-state index in [4.69, 9.17) is 4.74 Å². The zero-order valence-corrected chi connectivity index (χ0v) is 12.6. The number of ether oxygens (including phenoxy) is 2. The Morgan fingerprint density at radius 2 is 1.86 bits per heavy atom. The average molecular weight is 359 g/mol. The van der Waals surface area contributed by atoms with Crippen molar-refractivity contribution >= 4 is 38.6 Å². The third-order valence-corrected chi connectivity index (χ3v) is 3.37. The van der Waals surface area contributed by atoms with Gasteiger partial charge in [-0.05, 0) is 18.2 Å². The average Bonchev–Trinajstić information content (AvgIpc) is 2.42. The van der Waals surface area contributed by atoms with Crippen LogP contribution in [0.5, 0.6) is 5.75 Å². The van der Waals surface area contributed by atoms with Gasteiger partial charge in [-0.25, -0.2) is 13.6 Å². The van der Waals surface area contributed by atoms with Crippen LogP contribution in [0.1, 0.15) is 17.3 Å². The van der Waals surface area contributed by atoms with Crippen molar-refractivity contribution in [1.82, 2.24) is 0 Å². The molecule has 0 saturated heterocycles. The number of hydrogen-bond donors (Lipinski definition) is 0. The molecular weight excluding hydrogens is 350 g/mol. The van der Waals surface area contributed by atoms with E-state index < -0.39 is 23.6 Å². The number of rotatable bonds is 2. The van der Waals surface area contributed by atoms with Crippen LogP contribution < -0.4 is 4.74 Å². The lowest BCUT2D eigenvalue weighted by molar-refractivity contribution is -0.131. The molecule has 0 spiro atoms. The van der Waals surface area contributed by atoms with Gasteiger partial charge in [0.05, 0.1) is 18.1 Å². The second-order valence-corrected chi connectivity index (χ2v) is 4.99. The number of carbonyl (C=O) groups excluding carboxylic acids is 2. The van der Waals surface area contributed by atoms with Crippen molar-refractivity contribution in [3.63, 3.8) is 0 Å². The van der Waals surface area contributed by atoms with E-state index in [0.717, 1.165) is 19.1 Å². The molecule has 7 heteroatoms. The summed E-state index contributed by atoms with van der Waals surface area (Å²) in [5, 5.41) is -0.0437. The normalized spacial score (nSPS) is 10.5. The van der Waals surface area contributed by atoms with Gasteiger partial charge in [0.1, 0.15) is 5.75 Å². The molecule has 0 aliphatic carbocycles. The lowest BCUT2D eigenvalue weighted by atomic mass is 10.0. The van der Waals surface area contributed by atoms with Crippen molar-refractivity contribution in [2.24, 2.45) is 0 Å². The fourth-order valence-corrected chi connectivity index (χ4v) is 2.39. The van der Waals surface area contributed by atoms with Gasteiger partial charge in [-0.15, -0.1) is 0 Å². The lowest BCUT2D eigenvalue weighted by Crippen LogP contribution is -2.07. The minimum absolute atomic E-state index is 0.0490. The first kappa shape index (κ1) is 15.4. The Morgan fingerprint density at radius 3 is 2.43 bits per heavy atom. The third-order valence-electron chi connectivity index (χ3n) is 2.72. The van der Waals surface area contributed by atoms with Gasteiger partial charge in [-0.3, -0.25) is 4.79 Å². The molecule has 4 nitrogen and oxygen atoms in total. The number of fused-ring (bicyclic) bond motifs is 1. The van der Waals surface area contributed by atoms with Crippen molar-refractivity contribution in [2.75, 3.05) is 7.11 Å². The minimum atomic E-state index is -1.17. The molecule has 0 radical (unpaired) electrons. The molecule has 0 unspecified atom stereocenters. The van der Waals surface area contributed by atoms with Crippen LogP contribution in [0.15, 0.2) is 22.7 Å². The lowest BCUT2D eigenvalue weighted by Gasteiger charge is -2.11. The van der Waals surface area contributed by atoms with Crippen molar-refractivity contribution in [3.8, 4) is 5.75 Å². The van der Waals surface area contributed by atoms with Crippen LogP contribution in [0.4, 0.5) is 8.78 Å². The molecule has 0 N–H and O–H groups in total. The maximum atomic E-state index is 14.0. The highest BCUT2D eigenvalue weighted by atomic mass is 79.9. The highest BCUT2D eigenvalue weighted by Gasteiger charge is 2.20. The summed E-state index contributed by atoms with van der Waals surface area (Å²) in [5.41, 5.74) is 0.0490. The molecule has 21 heavy (non-hydrogen) atoms. The Bertz CT molecular complexity index is 758. The minimum Gasteiger partial charge on any atom is -0.465 e. The van der Waals surface area contributed by atoms with E-state index in [2.05, 4.69) is 20.7 Å². The van der Waals surface area contributed by atoms with E-state index in [1.165, 1.54) is 13.2 Å². The fourth-order valence-electron chi connectivity index (χ4n) is 1.87. The first-order valence-corrected chi connectivity index (χ1v) is 6.52. The number of carbonyl (C=O) groups is 2. The third kappa shape index (κ3) is 2.87. The largest absolute Gasteiger partial charge is 0.465 e. The number of benzene rings is 2. The van der Waals surface area contributed by atoms with E-state index in [9.17, 15) is 18.4 Å². The number of methoxy groups -OCH3 is 1. The Morgan fingerprint density at radius 1 is 1.19 bits per heavy atom. The quantitative estimate of drug-likeness (QED) is 0.467. The SMILES string of the molecule is COC(=O)c1cc(OC(C)=O)c2c(F)c(F)cc(Br)c2c1. The van der Waals surface area contributed by atoms with Gasteiger partial charge in [0.15, 0.2) is 11.6 Å². The van der Waals surface area contributed by atoms with Crippen LogP contribution in [-0.4, -0.2) is 19.0 Å². The highest BCUT2D eigenvalue weighted by molar-refractivity contribution is 9.10. The highest BCUT2D eigenvalue weighted by Crippen LogP contribution is 2.36. The topological polar surface area (TPSA) is 52.6 Å². The van der Waals surface area contributed by atoms with Gasteiger partial charge >= 0.3 is 11.9 Å². The Balaban J connectivity index is 2.87. The summed E-state index contributed by atoms with van der Waals surface area (Å²) < 4.78 is 37.2. The maximum absolute atomic E-state index is 14.0. The zero-order chi connectivity index (χ0) is 15.7. The van der Waals surface area contributed by atoms with Crippen LogP contribution in [0.2, 0.25) is 0 Å². The second kappa shape index (κ2) is 5.77. The van der Waals surface area contributed by atoms with E-state index in [-0.39, 0.29) is 26.6 Å². The van der Waals surface area contributed by atoms with Gasteiger partial charge in [0, 0.05) is 16.8 Å². The predicted molar refractivity (Wildman–Crippen MR) is 74.2 cm³/mol. The molecule has 0 fully saturated rings. The molecule has 0 saturated carbocycles. The molecule has 0 heterocycles. The molecule has 2 aromatic rings. The van der Waals surface area contributed by atoms with Gasteiger partial charge in [0.2, 0.25) is 0 Å². The first-order chi connectivity index (χ1) is 9.85. The molecule has 0 aliphatic rings. The molecule has 2 aromatic carbocycles. The van der Waals surface area contributed by atoms with Crippen LogP contribution in [0.25, 0.3) is 10.8 Å². The summed E-state index contributed by atoms with van der Waals surface area (Å²) in [4.78, 5) is 22.7. The zero-order valence-electron chi connectivity index (χ0n) is 11.0. The van der Waals surface area contributed by atoms with Crippen LogP contribution >= 0.6 is 15.9 Å². The number of halogens is 3. The van der Waals surface area contributed by atoms with Crippen LogP contribution in [0.3, 0.4) is 0 Å². The van der Waals surface area contributed by atoms with Crippen LogP contribution in [-0.2, 0) is 9.53 Å². The molecule has 0 aromatic heterocycles.